The number of rotatable bonds is 10. The molecule has 1 amide bonds. The van der Waals surface area contributed by atoms with Crippen LogP contribution in [0.1, 0.15) is 32.9 Å². The Morgan fingerprint density at radius 2 is 1.81 bits per heavy atom. The summed E-state index contributed by atoms with van der Waals surface area (Å²) >= 11 is 13.6. The molecule has 0 radical (unpaired) electrons. The van der Waals surface area contributed by atoms with Crippen molar-refractivity contribution in [3.8, 4) is 11.4 Å². The highest BCUT2D eigenvalue weighted by Crippen LogP contribution is 2.36. The van der Waals surface area contributed by atoms with Gasteiger partial charge in [0.2, 0.25) is 5.91 Å². The van der Waals surface area contributed by atoms with Gasteiger partial charge in [-0.25, -0.2) is 9.78 Å². The van der Waals surface area contributed by atoms with E-state index in [2.05, 4.69) is 22.3 Å². The van der Waals surface area contributed by atoms with Crippen molar-refractivity contribution in [1.82, 2.24) is 14.9 Å². The van der Waals surface area contributed by atoms with Crippen LogP contribution >= 0.6 is 23.2 Å². The molecule has 9 nitrogen and oxygen atoms in total. The maximum atomic E-state index is 12.6. The van der Waals surface area contributed by atoms with Gasteiger partial charge < -0.3 is 29.4 Å². The van der Waals surface area contributed by atoms with Crippen LogP contribution in [0.15, 0.2) is 85.1 Å². The molecule has 1 aliphatic rings. The highest BCUT2D eigenvalue weighted by atomic mass is 35.5. The Hall–Kier alpha value is -4.83. The van der Waals surface area contributed by atoms with Gasteiger partial charge in [0.15, 0.2) is 0 Å². The molecule has 0 saturated carbocycles. The van der Waals surface area contributed by atoms with E-state index in [1.54, 1.807) is 24.3 Å². The van der Waals surface area contributed by atoms with E-state index in [-0.39, 0.29) is 24.6 Å². The molecule has 3 heterocycles. The summed E-state index contributed by atoms with van der Waals surface area (Å²) in [6.07, 6.45) is 4.89. The lowest BCUT2D eigenvalue weighted by atomic mass is 10.1. The molecule has 0 atom stereocenters. The number of fused-ring (bicyclic) bond motifs is 1. The molecule has 1 fully saturated rings. The zero-order valence-corrected chi connectivity index (χ0v) is 27.1. The number of para-hydroxylation sites is 1. The number of carboxylic acid groups (broad SMARTS) is 1. The molecular weight excluding hydrogens is 639 g/mol. The minimum absolute atomic E-state index is 0.124. The molecular formula is C36H32Cl2N4O5. The van der Waals surface area contributed by atoms with Gasteiger partial charge in [0.25, 0.3) is 0 Å². The number of anilines is 1. The Labute approximate surface area is 282 Å². The predicted molar refractivity (Wildman–Crippen MR) is 184 cm³/mol. The van der Waals surface area contributed by atoms with Crippen molar-refractivity contribution in [1.29, 1.82) is 0 Å². The SMILES string of the molecule is Cc1cc(N2CCOCC2)c2cccc(OCc3c(Cl)ccc(-n4cccc4CNC(=O)C=Cc4ccc(C(=O)O)cc4)c3Cl)c2n1. The highest BCUT2D eigenvalue weighted by molar-refractivity contribution is 6.37. The molecule has 5 aromatic rings. The van der Waals surface area contributed by atoms with Crippen molar-refractivity contribution >= 4 is 57.7 Å². The second-order valence-corrected chi connectivity index (χ2v) is 11.8. The summed E-state index contributed by atoms with van der Waals surface area (Å²) in [5.74, 6) is -0.669. The van der Waals surface area contributed by atoms with Gasteiger partial charge in [0.1, 0.15) is 17.9 Å². The number of aromatic nitrogens is 2. The third kappa shape index (κ3) is 7.28. The van der Waals surface area contributed by atoms with E-state index in [0.717, 1.165) is 41.1 Å². The minimum Gasteiger partial charge on any atom is -0.487 e. The van der Waals surface area contributed by atoms with Crippen molar-refractivity contribution in [3.05, 3.63) is 123 Å². The second kappa shape index (κ2) is 14.3. The van der Waals surface area contributed by atoms with E-state index >= 15 is 0 Å². The van der Waals surface area contributed by atoms with Crippen LogP contribution in [0.4, 0.5) is 5.69 Å². The molecule has 0 unspecified atom stereocenters. The molecule has 11 heteroatoms. The van der Waals surface area contributed by atoms with Gasteiger partial charge in [0.05, 0.1) is 36.0 Å². The Morgan fingerprint density at radius 1 is 1.02 bits per heavy atom. The van der Waals surface area contributed by atoms with E-state index in [0.29, 0.717) is 45.8 Å². The molecule has 0 aliphatic carbocycles. The molecule has 47 heavy (non-hydrogen) atoms. The third-order valence-electron chi connectivity index (χ3n) is 7.92. The topological polar surface area (TPSA) is 106 Å². The zero-order valence-electron chi connectivity index (χ0n) is 25.6. The van der Waals surface area contributed by atoms with Crippen LogP contribution < -0.4 is 15.0 Å². The summed E-state index contributed by atoms with van der Waals surface area (Å²) in [6.45, 7) is 5.34. The van der Waals surface area contributed by atoms with Gasteiger partial charge in [0, 0.05) is 58.4 Å². The number of hydrogen-bond acceptors (Lipinski definition) is 6. The summed E-state index contributed by atoms with van der Waals surface area (Å²) in [5.41, 5.74) is 5.79. The van der Waals surface area contributed by atoms with Gasteiger partial charge in [-0.3, -0.25) is 4.79 Å². The lowest BCUT2D eigenvalue weighted by molar-refractivity contribution is -0.116. The number of pyridine rings is 1. The van der Waals surface area contributed by atoms with Crippen molar-refractivity contribution < 1.29 is 24.2 Å². The van der Waals surface area contributed by atoms with E-state index in [1.807, 2.05) is 48.0 Å². The smallest absolute Gasteiger partial charge is 0.335 e. The van der Waals surface area contributed by atoms with E-state index in [1.165, 1.54) is 18.2 Å². The highest BCUT2D eigenvalue weighted by Gasteiger charge is 2.19. The van der Waals surface area contributed by atoms with Crippen molar-refractivity contribution in [2.45, 2.75) is 20.1 Å². The van der Waals surface area contributed by atoms with Crippen LogP contribution in [0.5, 0.6) is 5.75 Å². The lowest BCUT2D eigenvalue weighted by Gasteiger charge is -2.30. The van der Waals surface area contributed by atoms with Gasteiger partial charge in [-0.1, -0.05) is 47.5 Å². The standard InChI is InChI=1S/C36H32Cl2N4O5/c1-23-20-31(41-16-18-46-19-17-41)27-5-2-6-32(35(27)40-23)47-22-28-29(37)12-13-30(34(28)38)42-15-3-4-26(42)21-39-33(43)14-9-24-7-10-25(11-8-24)36(44)45/h2-15,20H,16-19,21-22H2,1H3,(H,39,43)(H,44,45). The fourth-order valence-electron chi connectivity index (χ4n) is 5.51. The summed E-state index contributed by atoms with van der Waals surface area (Å²) in [7, 11) is 0. The van der Waals surface area contributed by atoms with Crippen LogP contribution in [0.3, 0.4) is 0 Å². The Balaban J connectivity index is 1.18. The van der Waals surface area contributed by atoms with Crippen LogP contribution in [-0.4, -0.2) is 52.8 Å². The number of nitrogens with one attached hydrogen (secondary N) is 1. The summed E-state index contributed by atoms with van der Waals surface area (Å²) in [6, 6.07) is 21.7. The molecule has 0 spiro atoms. The molecule has 2 N–H and O–H groups in total. The van der Waals surface area contributed by atoms with Crippen LogP contribution in [0.2, 0.25) is 10.0 Å². The average Bonchev–Trinajstić information content (AvgIpc) is 3.55. The zero-order chi connectivity index (χ0) is 32.9. The molecule has 1 aliphatic heterocycles. The van der Waals surface area contributed by atoms with E-state index in [9.17, 15) is 9.59 Å². The number of morpholine rings is 1. The number of carbonyl (C=O) groups is 2. The van der Waals surface area contributed by atoms with Crippen molar-refractivity contribution in [2.24, 2.45) is 0 Å². The molecule has 3 aromatic carbocycles. The van der Waals surface area contributed by atoms with Gasteiger partial charge in [-0.15, -0.1) is 0 Å². The number of hydrogen-bond donors (Lipinski definition) is 2. The van der Waals surface area contributed by atoms with Gasteiger partial charge in [-0.2, -0.15) is 0 Å². The number of halogens is 2. The van der Waals surface area contributed by atoms with Crippen LogP contribution in [0, 0.1) is 6.92 Å². The summed E-state index contributed by atoms with van der Waals surface area (Å²) in [4.78, 5) is 30.8. The number of ether oxygens (including phenoxy) is 2. The third-order valence-corrected chi connectivity index (χ3v) is 8.70. The number of carboxylic acids is 1. The number of benzene rings is 3. The maximum Gasteiger partial charge on any atom is 0.335 e. The number of carbonyl (C=O) groups excluding carboxylic acids is 1. The van der Waals surface area contributed by atoms with E-state index in [4.69, 9.17) is 42.8 Å². The number of aromatic carboxylic acids is 1. The first-order chi connectivity index (χ1) is 22.8. The first kappa shape index (κ1) is 32.1. The Morgan fingerprint density at radius 3 is 2.57 bits per heavy atom. The minimum atomic E-state index is -1.00. The number of nitrogens with zero attached hydrogens (tertiary/aromatic N) is 3. The maximum absolute atomic E-state index is 12.6. The second-order valence-electron chi connectivity index (χ2n) is 11.0. The average molecular weight is 672 g/mol. The normalized spacial score (nSPS) is 13.3. The predicted octanol–water partition coefficient (Wildman–Crippen LogP) is 7.08. The van der Waals surface area contributed by atoms with Gasteiger partial charge in [-0.05, 0) is 67.1 Å². The quantitative estimate of drug-likeness (QED) is 0.153. The molecule has 1 saturated heterocycles. The molecule has 240 valence electrons. The molecule has 6 rings (SSSR count). The van der Waals surface area contributed by atoms with E-state index < -0.39 is 5.97 Å². The van der Waals surface area contributed by atoms with Crippen LogP contribution in [0.25, 0.3) is 22.7 Å². The fraction of sp³-hybridized carbons (Fsp3) is 0.194. The summed E-state index contributed by atoms with van der Waals surface area (Å²) in [5, 5.41) is 13.9. The van der Waals surface area contributed by atoms with Crippen LogP contribution in [-0.2, 0) is 22.7 Å². The fourth-order valence-corrected chi connectivity index (χ4v) is 6.08. The molecule has 2 aromatic heterocycles. The van der Waals surface area contributed by atoms with Crippen molar-refractivity contribution in [2.75, 3.05) is 31.2 Å². The Kier molecular flexibility index (Phi) is 9.77. The largest absolute Gasteiger partial charge is 0.487 e. The number of aryl methyl sites for hydroxylation is 1. The monoisotopic (exact) mass is 670 g/mol. The van der Waals surface area contributed by atoms with Gasteiger partial charge >= 0.3 is 5.97 Å². The summed E-state index contributed by atoms with van der Waals surface area (Å²) < 4.78 is 13.8. The Bertz CT molecular complexity index is 1970. The first-order valence-electron chi connectivity index (χ1n) is 15.1. The molecule has 0 bridgehead atoms. The van der Waals surface area contributed by atoms with Crippen molar-refractivity contribution in [3.63, 3.8) is 0 Å². The lowest BCUT2D eigenvalue weighted by Crippen LogP contribution is -2.36. The number of amides is 1. The first-order valence-corrected chi connectivity index (χ1v) is 15.8.